The third-order valence-corrected chi connectivity index (χ3v) is 3.75. The van der Waals surface area contributed by atoms with Crippen molar-refractivity contribution in [2.75, 3.05) is 7.11 Å². The Balaban J connectivity index is 2.05. The van der Waals surface area contributed by atoms with Gasteiger partial charge in [0.25, 0.3) is 0 Å². The number of benzene rings is 2. The third kappa shape index (κ3) is 5.00. The average molecular weight is 313 g/mol. The van der Waals surface area contributed by atoms with Crippen molar-refractivity contribution in [1.82, 2.24) is 5.32 Å². The minimum atomic E-state index is 0.135. The van der Waals surface area contributed by atoms with Crippen molar-refractivity contribution in [3.05, 3.63) is 59.7 Å². The summed E-state index contributed by atoms with van der Waals surface area (Å²) in [4.78, 5) is 0. The summed E-state index contributed by atoms with van der Waals surface area (Å²) < 4.78 is 11.2. The van der Waals surface area contributed by atoms with Crippen LogP contribution >= 0.6 is 0 Å². The van der Waals surface area contributed by atoms with Crippen LogP contribution in [-0.4, -0.2) is 13.2 Å². The summed E-state index contributed by atoms with van der Waals surface area (Å²) in [6, 6.07) is 17.0. The van der Waals surface area contributed by atoms with Crippen molar-refractivity contribution in [1.29, 1.82) is 0 Å². The molecule has 0 aliphatic rings. The summed E-state index contributed by atoms with van der Waals surface area (Å²) in [5, 5.41) is 3.62. The quantitative estimate of drug-likeness (QED) is 0.764. The summed E-state index contributed by atoms with van der Waals surface area (Å²) in [5.74, 6) is 1.58. The van der Waals surface area contributed by atoms with E-state index in [0.717, 1.165) is 24.5 Å². The number of hydrogen-bond acceptors (Lipinski definition) is 3. The largest absolute Gasteiger partial charge is 0.493 e. The molecule has 0 radical (unpaired) electrons. The van der Waals surface area contributed by atoms with Crippen molar-refractivity contribution in [2.45, 2.75) is 45.9 Å². The first-order valence-electron chi connectivity index (χ1n) is 8.26. The smallest absolute Gasteiger partial charge is 0.161 e. The Morgan fingerprint density at radius 2 is 1.74 bits per heavy atom. The molecule has 2 aromatic rings. The van der Waals surface area contributed by atoms with E-state index in [0.29, 0.717) is 6.04 Å². The zero-order valence-corrected chi connectivity index (χ0v) is 14.5. The van der Waals surface area contributed by atoms with Crippen LogP contribution in [0.15, 0.2) is 48.5 Å². The molecule has 0 spiro atoms. The molecule has 124 valence electrons. The molecule has 0 bridgehead atoms. The second-order valence-corrected chi connectivity index (χ2v) is 5.90. The maximum Gasteiger partial charge on any atom is 0.161 e. The fourth-order valence-electron chi connectivity index (χ4n) is 2.60. The van der Waals surface area contributed by atoms with Crippen LogP contribution in [0.3, 0.4) is 0 Å². The lowest BCUT2D eigenvalue weighted by atomic mass is 10.0. The van der Waals surface area contributed by atoms with Gasteiger partial charge in [-0.15, -0.1) is 0 Å². The van der Waals surface area contributed by atoms with Gasteiger partial charge in [0, 0.05) is 12.6 Å². The Labute approximate surface area is 139 Å². The summed E-state index contributed by atoms with van der Waals surface area (Å²) in [6.07, 6.45) is 1.19. The molecule has 0 aliphatic carbocycles. The van der Waals surface area contributed by atoms with E-state index in [2.05, 4.69) is 48.6 Å². The van der Waals surface area contributed by atoms with Crippen molar-refractivity contribution in [3.63, 3.8) is 0 Å². The lowest BCUT2D eigenvalue weighted by molar-refractivity contribution is 0.230. The molecule has 0 saturated heterocycles. The molecule has 1 N–H and O–H groups in total. The first kappa shape index (κ1) is 17.4. The topological polar surface area (TPSA) is 30.5 Å². The Bertz CT molecular complexity index is 596. The van der Waals surface area contributed by atoms with E-state index >= 15 is 0 Å². The Hall–Kier alpha value is -2.00. The van der Waals surface area contributed by atoms with E-state index in [1.165, 1.54) is 11.1 Å². The minimum absolute atomic E-state index is 0.135. The van der Waals surface area contributed by atoms with Crippen LogP contribution in [0.5, 0.6) is 11.5 Å². The van der Waals surface area contributed by atoms with Gasteiger partial charge in [-0.3, -0.25) is 0 Å². The van der Waals surface area contributed by atoms with Crippen LogP contribution < -0.4 is 14.8 Å². The summed E-state index contributed by atoms with van der Waals surface area (Å²) in [7, 11) is 1.68. The molecule has 0 amide bonds. The average Bonchev–Trinajstić information content (AvgIpc) is 2.57. The first-order chi connectivity index (χ1) is 11.1. The van der Waals surface area contributed by atoms with E-state index in [4.69, 9.17) is 9.47 Å². The molecule has 0 saturated carbocycles. The van der Waals surface area contributed by atoms with Crippen molar-refractivity contribution in [3.8, 4) is 11.5 Å². The molecule has 0 heterocycles. The molecular weight excluding hydrogens is 286 g/mol. The summed E-state index contributed by atoms with van der Waals surface area (Å²) >= 11 is 0. The van der Waals surface area contributed by atoms with Crippen molar-refractivity contribution < 1.29 is 9.47 Å². The van der Waals surface area contributed by atoms with Gasteiger partial charge in [-0.25, -0.2) is 0 Å². The molecule has 2 aromatic carbocycles. The first-order valence-corrected chi connectivity index (χ1v) is 8.26. The highest BCUT2D eigenvalue weighted by Gasteiger charge is 2.10. The zero-order valence-electron chi connectivity index (χ0n) is 14.5. The van der Waals surface area contributed by atoms with Gasteiger partial charge in [0.05, 0.1) is 13.2 Å². The van der Waals surface area contributed by atoms with E-state index in [9.17, 15) is 0 Å². The molecule has 1 atom stereocenters. The van der Waals surface area contributed by atoms with Gasteiger partial charge in [0.15, 0.2) is 11.5 Å². The molecule has 0 fully saturated rings. The van der Waals surface area contributed by atoms with Crippen LogP contribution in [-0.2, 0) is 6.54 Å². The molecule has 1 unspecified atom stereocenters. The maximum atomic E-state index is 5.76. The van der Waals surface area contributed by atoms with E-state index in [1.54, 1.807) is 7.11 Å². The molecule has 3 nitrogen and oxygen atoms in total. The molecule has 23 heavy (non-hydrogen) atoms. The van der Waals surface area contributed by atoms with Crippen LogP contribution in [0.4, 0.5) is 0 Å². The summed E-state index contributed by atoms with van der Waals surface area (Å²) in [5.41, 5.74) is 2.51. The van der Waals surface area contributed by atoms with Crippen molar-refractivity contribution >= 4 is 0 Å². The van der Waals surface area contributed by atoms with Crippen LogP contribution in [0.2, 0.25) is 0 Å². The number of methoxy groups -OCH3 is 1. The Morgan fingerprint density at radius 1 is 1.00 bits per heavy atom. The number of ether oxygens (including phenoxy) is 2. The second kappa shape index (κ2) is 8.59. The fraction of sp³-hybridized carbons (Fsp3) is 0.400. The highest BCUT2D eigenvalue weighted by atomic mass is 16.5. The molecule has 3 heteroatoms. The van der Waals surface area contributed by atoms with Crippen LogP contribution in [0, 0.1) is 0 Å². The molecular formula is C20H27NO2. The second-order valence-electron chi connectivity index (χ2n) is 5.90. The highest BCUT2D eigenvalue weighted by Crippen LogP contribution is 2.29. The van der Waals surface area contributed by atoms with Gasteiger partial charge in [0.1, 0.15) is 0 Å². The normalized spacial score (nSPS) is 12.2. The lowest BCUT2D eigenvalue weighted by Gasteiger charge is -2.19. The van der Waals surface area contributed by atoms with Crippen LogP contribution in [0.25, 0.3) is 0 Å². The van der Waals surface area contributed by atoms with E-state index in [-0.39, 0.29) is 6.10 Å². The summed E-state index contributed by atoms with van der Waals surface area (Å²) in [6.45, 7) is 7.03. The van der Waals surface area contributed by atoms with Gasteiger partial charge >= 0.3 is 0 Å². The highest BCUT2D eigenvalue weighted by molar-refractivity contribution is 5.43. The lowest BCUT2D eigenvalue weighted by Crippen LogP contribution is -2.20. The predicted molar refractivity (Wildman–Crippen MR) is 95.1 cm³/mol. The minimum Gasteiger partial charge on any atom is -0.493 e. The van der Waals surface area contributed by atoms with Gasteiger partial charge in [-0.2, -0.15) is 0 Å². The van der Waals surface area contributed by atoms with E-state index < -0.39 is 0 Å². The molecule has 0 aliphatic heterocycles. The monoisotopic (exact) mass is 313 g/mol. The van der Waals surface area contributed by atoms with Gasteiger partial charge in [-0.1, -0.05) is 43.3 Å². The number of hydrogen-bond donors (Lipinski definition) is 1. The van der Waals surface area contributed by atoms with Crippen molar-refractivity contribution in [2.24, 2.45) is 0 Å². The molecule has 2 rings (SSSR count). The predicted octanol–water partition coefficient (Wildman–Crippen LogP) is 4.72. The van der Waals surface area contributed by atoms with Crippen LogP contribution in [0.1, 0.15) is 44.4 Å². The fourth-order valence-corrected chi connectivity index (χ4v) is 2.60. The Morgan fingerprint density at radius 3 is 2.35 bits per heavy atom. The standard InChI is InChI=1S/C20H27NO2/c1-5-18(17-9-7-6-8-10-17)21-14-16-11-12-19(23-15(2)3)20(13-16)22-4/h6-13,15,18,21H,5,14H2,1-4H3. The maximum absolute atomic E-state index is 5.76. The third-order valence-electron chi connectivity index (χ3n) is 3.75. The number of nitrogens with one attached hydrogen (secondary N) is 1. The zero-order chi connectivity index (χ0) is 16.7. The number of rotatable bonds is 8. The van der Waals surface area contributed by atoms with Gasteiger partial charge in [-0.05, 0) is 43.5 Å². The van der Waals surface area contributed by atoms with E-state index in [1.807, 2.05) is 26.0 Å². The van der Waals surface area contributed by atoms with Gasteiger partial charge < -0.3 is 14.8 Å². The SMILES string of the molecule is CCC(NCc1ccc(OC(C)C)c(OC)c1)c1ccccc1. The van der Waals surface area contributed by atoms with Gasteiger partial charge in [0.2, 0.25) is 0 Å². The molecule has 0 aromatic heterocycles. The Kier molecular flexibility index (Phi) is 6.48.